The highest BCUT2D eigenvalue weighted by Gasteiger charge is 2.12. The molecule has 0 radical (unpaired) electrons. The van der Waals surface area contributed by atoms with Crippen molar-refractivity contribution >= 4 is 29.2 Å². The Hall–Kier alpha value is -2.33. The molecule has 0 aromatic heterocycles. The zero-order chi connectivity index (χ0) is 17.7. The molecule has 5 heteroatoms. The first-order chi connectivity index (χ1) is 11.4. The van der Waals surface area contributed by atoms with Gasteiger partial charge in [0.1, 0.15) is 0 Å². The maximum Gasteiger partial charge on any atom is 0.338 e. The first-order valence-corrected chi connectivity index (χ1v) is 8.11. The van der Waals surface area contributed by atoms with Gasteiger partial charge in [-0.1, -0.05) is 29.8 Å². The Labute approximate surface area is 146 Å². The van der Waals surface area contributed by atoms with E-state index < -0.39 is 5.97 Å². The molecule has 0 saturated heterocycles. The number of nitrogens with one attached hydrogen (secondary N) is 1. The lowest BCUT2D eigenvalue weighted by molar-refractivity contribution is -0.115. The zero-order valence-corrected chi connectivity index (χ0v) is 14.7. The summed E-state index contributed by atoms with van der Waals surface area (Å²) in [6, 6.07) is 10.6. The van der Waals surface area contributed by atoms with E-state index in [9.17, 15) is 9.59 Å². The Morgan fingerprint density at radius 2 is 1.83 bits per heavy atom. The topological polar surface area (TPSA) is 55.4 Å². The third-order valence-corrected chi connectivity index (χ3v) is 4.00. The molecule has 24 heavy (non-hydrogen) atoms. The lowest BCUT2D eigenvalue weighted by atomic mass is 10.0. The smallest absolute Gasteiger partial charge is 0.338 e. The Kier molecular flexibility index (Phi) is 5.99. The Bertz CT molecular complexity index is 771. The van der Waals surface area contributed by atoms with Gasteiger partial charge in [-0.25, -0.2) is 4.79 Å². The Balaban J connectivity index is 2.06. The van der Waals surface area contributed by atoms with Gasteiger partial charge in [0, 0.05) is 0 Å². The lowest BCUT2D eigenvalue weighted by Crippen LogP contribution is -2.15. The zero-order valence-electron chi connectivity index (χ0n) is 14.0. The molecule has 0 saturated carbocycles. The van der Waals surface area contributed by atoms with Gasteiger partial charge in [0.15, 0.2) is 0 Å². The molecule has 0 atom stereocenters. The van der Waals surface area contributed by atoms with E-state index in [4.69, 9.17) is 16.3 Å². The maximum absolute atomic E-state index is 12.2. The van der Waals surface area contributed by atoms with Crippen LogP contribution >= 0.6 is 11.6 Å². The minimum Gasteiger partial charge on any atom is -0.462 e. The number of carbonyl (C=O) groups excluding carboxylic acids is 2. The molecule has 2 rings (SSSR count). The van der Waals surface area contributed by atoms with Crippen molar-refractivity contribution in [3.63, 3.8) is 0 Å². The van der Waals surface area contributed by atoms with Crippen molar-refractivity contribution in [1.82, 2.24) is 0 Å². The van der Waals surface area contributed by atoms with Gasteiger partial charge in [-0.15, -0.1) is 0 Å². The number of benzene rings is 2. The number of anilines is 1. The summed E-state index contributed by atoms with van der Waals surface area (Å²) in [6.45, 7) is 6.08. The second-order valence-corrected chi connectivity index (χ2v) is 5.97. The van der Waals surface area contributed by atoms with Crippen molar-refractivity contribution in [3.8, 4) is 0 Å². The van der Waals surface area contributed by atoms with Crippen LogP contribution in [0.25, 0.3) is 0 Å². The van der Waals surface area contributed by atoms with Crippen LogP contribution in [-0.2, 0) is 16.0 Å². The molecule has 1 amide bonds. The standard InChI is InChI=1S/C19H20ClNO3/c1-4-24-19(23)15-7-8-17(16(20)11-15)21-18(22)10-14-6-5-12(2)13(3)9-14/h5-9,11H,4,10H2,1-3H3,(H,21,22). The van der Waals surface area contributed by atoms with E-state index >= 15 is 0 Å². The average Bonchev–Trinajstić information content (AvgIpc) is 2.53. The van der Waals surface area contributed by atoms with Gasteiger partial charge in [0.25, 0.3) is 0 Å². The minimum absolute atomic E-state index is 0.163. The number of halogens is 1. The van der Waals surface area contributed by atoms with E-state index in [1.807, 2.05) is 32.0 Å². The van der Waals surface area contributed by atoms with Crippen molar-refractivity contribution in [2.24, 2.45) is 0 Å². The van der Waals surface area contributed by atoms with Crippen molar-refractivity contribution in [1.29, 1.82) is 0 Å². The van der Waals surface area contributed by atoms with Crippen LogP contribution in [0.15, 0.2) is 36.4 Å². The number of carbonyl (C=O) groups is 2. The summed E-state index contributed by atoms with van der Waals surface area (Å²) in [4.78, 5) is 23.9. The number of rotatable bonds is 5. The highest BCUT2D eigenvalue weighted by molar-refractivity contribution is 6.34. The molecule has 0 aliphatic carbocycles. The molecule has 4 nitrogen and oxygen atoms in total. The summed E-state index contributed by atoms with van der Waals surface area (Å²) in [6.07, 6.45) is 0.261. The maximum atomic E-state index is 12.2. The number of ether oxygens (including phenoxy) is 1. The normalized spacial score (nSPS) is 10.3. The Morgan fingerprint density at radius 1 is 1.08 bits per heavy atom. The predicted molar refractivity (Wildman–Crippen MR) is 95.7 cm³/mol. The summed E-state index contributed by atoms with van der Waals surface area (Å²) in [7, 11) is 0. The molecule has 2 aromatic rings. The van der Waals surface area contributed by atoms with Crippen LogP contribution < -0.4 is 5.32 Å². The molecule has 0 heterocycles. The van der Waals surface area contributed by atoms with Gasteiger partial charge in [0.05, 0.1) is 29.3 Å². The van der Waals surface area contributed by atoms with Gasteiger partial charge >= 0.3 is 5.97 Å². The van der Waals surface area contributed by atoms with Crippen LogP contribution in [0.4, 0.5) is 5.69 Å². The van der Waals surface area contributed by atoms with Gasteiger partial charge < -0.3 is 10.1 Å². The highest BCUT2D eigenvalue weighted by Crippen LogP contribution is 2.24. The minimum atomic E-state index is -0.438. The van der Waals surface area contributed by atoms with Gasteiger partial charge in [-0.3, -0.25) is 4.79 Å². The average molecular weight is 346 g/mol. The van der Waals surface area contributed by atoms with E-state index in [1.54, 1.807) is 19.1 Å². The number of amides is 1. The van der Waals surface area contributed by atoms with Crippen LogP contribution in [-0.4, -0.2) is 18.5 Å². The Morgan fingerprint density at radius 3 is 2.46 bits per heavy atom. The summed E-state index contributed by atoms with van der Waals surface area (Å²) in [5.41, 5.74) is 4.11. The molecule has 0 bridgehead atoms. The third kappa shape index (κ3) is 4.59. The quantitative estimate of drug-likeness (QED) is 0.821. The molecular formula is C19H20ClNO3. The van der Waals surface area contributed by atoms with E-state index in [2.05, 4.69) is 5.32 Å². The van der Waals surface area contributed by atoms with E-state index in [-0.39, 0.29) is 12.3 Å². The second-order valence-electron chi connectivity index (χ2n) is 5.56. The van der Waals surface area contributed by atoms with Gasteiger partial charge in [-0.2, -0.15) is 0 Å². The number of hydrogen-bond donors (Lipinski definition) is 1. The van der Waals surface area contributed by atoms with Crippen LogP contribution in [0.1, 0.15) is 34.0 Å². The predicted octanol–water partition coefficient (Wildman–Crippen LogP) is 4.31. The number of hydrogen-bond acceptors (Lipinski definition) is 3. The first-order valence-electron chi connectivity index (χ1n) is 7.73. The van der Waals surface area contributed by atoms with Crippen molar-refractivity contribution in [3.05, 3.63) is 63.7 Å². The molecule has 0 spiro atoms. The molecule has 126 valence electrons. The molecule has 2 aromatic carbocycles. The largest absolute Gasteiger partial charge is 0.462 e. The van der Waals surface area contributed by atoms with Crippen molar-refractivity contribution < 1.29 is 14.3 Å². The van der Waals surface area contributed by atoms with Crippen molar-refractivity contribution in [2.45, 2.75) is 27.2 Å². The summed E-state index contributed by atoms with van der Waals surface area (Å²) < 4.78 is 4.92. The fourth-order valence-corrected chi connectivity index (χ4v) is 2.48. The van der Waals surface area contributed by atoms with Crippen LogP contribution in [0.3, 0.4) is 0 Å². The van der Waals surface area contributed by atoms with E-state index in [0.29, 0.717) is 22.9 Å². The van der Waals surface area contributed by atoms with E-state index in [0.717, 1.165) is 11.1 Å². The van der Waals surface area contributed by atoms with E-state index in [1.165, 1.54) is 11.6 Å². The molecule has 0 fully saturated rings. The molecule has 0 unspecified atom stereocenters. The fraction of sp³-hybridized carbons (Fsp3) is 0.263. The molecule has 0 aliphatic heterocycles. The molecule has 1 N–H and O–H groups in total. The summed E-state index contributed by atoms with van der Waals surface area (Å²) >= 11 is 6.14. The number of aryl methyl sites for hydroxylation is 2. The van der Waals surface area contributed by atoms with Gasteiger partial charge in [0.2, 0.25) is 5.91 Å². The second kappa shape index (κ2) is 7.97. The lowest BCUT2D eigenvalue weighted by Gasteiger charge is -2.10. The SMILES string of the molecule is CCOC(=O)c1ccc(NC(=O)Cc2ccc(C)c(C)c2)c(Cl)c1. The fourth-order valence-electron chi connectivity index (χ4n) is 2.25. The molecular weight excluding hydrogens is 326 g/mol. The van der Waals surface area contributed by atoms with Crippen molar-refractivity contribution in [2.75, 3.05) is 11.9 Å². The first kappa shape index (κ1) is 18.0. The van der Waals surface area contributed by atoms with Crippen LogP contribution in [0.2, 0.25) is 5.02 Å². The van der Waals surface area contributed by atoms with Crippen LogP contribution in [0.5, 0.6) is 0 Å². The number of esters is 1. The monoisotopic (exact) mass is 345 g/mol. The van der Waals surface area contributed by atoms with Crippen LogP contribution in [0, 0.1) is 13.8 Å². The highest BCUT2D eigenvalue weighted by atomic mass is 35.5. The molecule has 0 aliphatic rings. The summed E-state index contributed by atoms with van der Waals surface area (Å²) in [5, 5.41) is 3.07. The summed E-state index contributed by atoms with van der Waals surface area (Å²) in [5.74, 6) is -0.601. The third-order valence-electron chi connectivity index (χ3n) is 3.69. The van der Waals surface area contributed by atoms with Gasteiger partial charge in [-0.05, 0) is 55.7 Å².